The molecule has 1 rings (SSSR count). The minimum atomic E-state index is -0.383. The first-order valence-corrected chi connectivity index (χ1v) is 7.41. The molecule has 0 aliphatic carbocycles. The maximum atomic E-state index is 9.93. The number of aliphatic hydroxyl groups is 1. The van der Waals surface area contributed by atoms with Crippen molar-refractivity contribution in [2.24, 2.45) is 7.05 Å². The summed E-state index contributed by atoms with van der Waals surface area (Å²) in [6.45, 7) is 2.25. The van der Waals surface area contributed by atoms with Gasteiger partial charge >= 0.3 is 0 Å². The molecule has 1 unspecified atom stereocenters. The molecule has 3 nitrogen and oxygen atoms in total. The summed E-state index contributed by atoms with van der Waals surface area (Å²) in [7, 11) is 1.88. The van der Waals surface area contributed by atoms with Gasteiger partial charge in [-0.3, -0.25) is 4.68 Å². The number of nitrogens with zero attached hydrogens (tertiary/aromatic N) is 2. The number of rotatable bonds is 10. The average molecular weight is 252 g/mol. The Hall–Kier alpha value is -0.830. The van der Waals surface area contributed by atoms with E-state index in [0.717, 1.165) is 18.5 Å². The highest BCUT2D eigenvalue weighted by atomic mass is 16.3. The van der Waals surface area contributed by atoms with Crippen LogP contribution in [-0.2, 0) is 7.05 Å². The molecular formula is C15H28N2O. The Balaban J connectivity index is 1.97. The molecule has 0 saturated carbocycles. The number of unbranched alkanes of at least 4 members (excludes halogenated alkanes) is 7. The third kappa shape index (κ3) is 6.20. The predicted molar refractivity (Wildman–Crippen MR) is 75.4 cm³/mol. The fourth-order valence-corrected chi connectivity index (χ4v) is 2.23. The molecule has 1 N–H and O–H groups in total. The maximum Gasteiger partial charge on any atom is 0.0978 e. The minimum Gasteiger partial charge on any atom is -0.387 e. The third-order valence-electron chi connectivity index (χ3n) is 3.41. The van der Waals surface area contributed by atoms with Crippen molar-refractivity contribution in [1.82, 2.24) is 9.78 Å². The van der Waals surface area contributed by atoms with Crippen molar-refractivity contribution in [1.29, 1.82) is 0 Å². The third-order valence-corrected chi connectivity index (χ3v) is 3.41. The van der Waals surface area contributed by atoms with Crippen LogP contribution in [0.5, 0.6) is 0 Å². The fraction of sp³-hybridized carbons (Fsp3) is 0.800. The zero-order valence-corrected chi connectivity index (χ0v) is 11.9. The van der Waals surface area contributed by atoms with Gasteiger partial charge in [0.05, 0.1) is 11.8 Å². The summed E-state index contributed by atoms with van der Waals surface area (Å²) < 4.78 is 1.74. The molecular weight excluding hydrogens is 224 g/mol. The molecule has 0 radical (unpaired) electrons. The van der Waals surface area contributed by atoms with Gasteiger partial charge in [-0.2, -0.15) is 5.10 Å². The van der Waals surface area contributed by atoms with E-state index in [-0.39, 0.29) is 6.10 Å². The Morgan fingerprint density at radius 1 is 1.11 bits per heavy atom. The van der Waals surface area contributed by atoms with Gasteiger partial charge in [0.1, 0.15) is 0 Å². The van der Waals surface area contributed by atoms with E-state index in [1.54, 1.807) is 4.68 Å². The van der Waals surface area contributed by atoms with Crippen molar-refractivity contribution in [2.45, 2.75) is 70.8 Å². The molecule has 0 fully saturated rings. The van der Waals surface area contributed by atoms with Crippen molar-refractivity contribution in [3.8, 4) is 0 Å². The number of aliphatic hydroxyl groups excluding tert-OH is 1. The van der Waals surface area contributed by atoms with Crippen LogP contribution in [0.2, 0.25) is 0 Å². The van der Waals surface area contributed by atoms with Gasteiger partial charge in [0.25, 0.3) is 0 Å². The van der Waals surface area contributed by atoms with Gasteiger partial charge in [-0.15, -0.1) is 0 Å². The molecule has 0 aliphatic heterocycles. The molecule has 3 heteroatoms. The topological polar surface area (TPSA) is 38.0 Å². The molecule has 0 saturated heterocycles. The Morgan fingerprint density at radius 2 is 1.72 bits per heavy atom. The standard InChI is InChI=1S/C15H28N2O/c1-3-4-5-6-7-8-9-10-11-15(18)14-12-13-17(2)16-14/h12-13,15,18H,3-11H2,1-2H3. The zero-order chi connectivity index (χ0) is 13.2. The normalized spacial score (nSPS) is 12.8. The van der Waals surface area contributed by atoms with Gasteiger partial charge in [-0.25, -0.2) is 0 Å². The first-order valence-electron chi connectivity index (χ1n) is 7.41. The second-order valence-corrected chi connectivity index (χ2v) is 5.19. The van der Waals surface area contributed by atoms with E-state index in [2.05, 4.69) is 12.0 Å². The van der Waals surface area contributed by atoms with Crippen molar-refractivity contribution in [3.05, 3.63) is 18.0 Å². The smallest absolute Gasteiger partial charge is 0.0978 e. The Bertz CT molecular complexity index is 309. The molecule has 1 aromatic rings. The second-order valence-electron chi connectivity index (χ2n) is 5.19. The second kappa shape index (κ2) is 9.15. The number of hydrogen-bond donors (Lipinski definition) is 1. The van der Waals surface area contributed by atoms with Gasteiger partial charge in [-0.1, -0.05) is 58.3 Å². The maximum absolute atomic E-state index is 9.93. The summed E-state index contributed by atoms with van der Waals surface area (Å²) in [6.07, 6.45) is 12.8. The van der Waals surface area contributed by atoms with Crippen LogP contribution in [0.4, 0.5) is 0 Å². The molecule has 1 aromatic heterocycles. The van der Waals surface area contributed by atoms with E-state index in [1.807, 2.05) is 19.3 Å². The Labute approximate surface area is 111 Å². The summed E-state index contributed by atoms with van der Waals surface area (Å²) in [5.41, 5.74) is 0.806. The van der Waals surface area contributed by atoms with E-state index in [0.29, 0.717) is 0 Å². The number of aryl methyl sites for hydroxylation is 1. The van der Waals surface area contributed by atoms with Crippen molar-refractivity contribution < 1.29 is 5.11 Å². The van der Waals surface area contributed by atoms with E-state index < -0.39 is 0 Å². The summed E-state index contributed by atoms with van der Waals surface area (Å²) in [4.78, 5) is 0. The molecule has 18 heavy (non-hydrogen) atoms. The van der Waals surface area contributed by atoms with Crippen LogP contribution in [0.1, 0.15) is 76.5 Å². The molecule has 104 valence electrons. The Kier molecular flexibility index (Phi) is 7.74. The SMILES string of the molecule is CCCCCCCCCCC(O)c1ccn(C)n1. The van der Waals surface area contributed by atoms with E-state index in [1.165, 1.54) is 44.9 Å². The van der Waals surface area contributed by atoms with Crippen molar-refractivity contribution >= 4 is 0 Å². The highest BCUT2D eigenvalue weighted by Gasteiger charge is 2.09. The molecule has 0 aromatic carbocycles. The quantitative estimate of drug-likeness (QED) is 0.639. The number of aromatic nitrogens is 2. The van der Waals surface area contributed by atoms with Crippen LogP contribution in [0.25, 0.3) is 0 Å². The first-order chi connectivity index (χ1) is 8.74. The summed E-state index contributed by atoms with van der Waals surface area (Å²) in [6, 6.07) is 1.90. The van der Waals surface area contributed by atoms with Crippen LogP contribution < -0.4 is 0 Å². The molecule has 0 spiro atoms. The molecule has 1 heterocycles. The molecule has 0 bridgehead atoms. The van der Waals surface area contributed by atoms with Gasteiger partial charge in [0, 0.05) is 13.2 Å². The lowest BCUT2D eigenvalue weighted by Gasteiger charge is -2.07. The summed E-state index contributed by atoms with van der Waals surface area (Å²) >= 11 is 0. The van der Waals surface area contributed by atoms with Gasteiger partial charge in [0.2, 0.25) is 0 Å². The van der Waals surface area contributed by atoms with Crippen LogP contribution in [0.3, 0.4) is 0 Å². The number of hydrogen-bond acceptors (Lipinski definition) is 2. The largest absolute Gasteiger partial charge is 0.387 e. The van der Waals surface area contributed by atoms with Crippen molar-refractivity contribution in [2.75, 3.05) is 0 Å². The lowest BCUT2D eigenvalue weighted by molar-refractivity contribution is 0.158. The predicted octanol–water partition coefficient (Wildman–Crippen LogP) is 3.98. The molecule has 0 aliphatic rings. The fourth-order valence-electron chi connectivity index (χ4n) is 2.23. The van der Waals surface area contributed by atoms with Crippen LogP contribution >= 0.6 is 0 Å². The first kappa shape index (κ1) is 15.2. The van der Waals surface area contributed by atoms with Crippen LogP contribution in [0.15, 0.2) is 12.3 Å². The van der Waals surface area contributed by atoms with E-state index >= 15 is 0 Å². The lowest BCUT2D eigenvalue weighted by atomic mass is 10.0. The monoisotopic (exact) mass is 252 g/mol. The van der Waals surface area contributed by atoms with E-state index in [9.17, 15) is 5.11 Å². The van der Waals surface area contributed by atoms with Gasteiger partial charge < -0.3 is 5.11 Å². The average Bonchev–Trinajstić information content (AvgIpc) is 2.79. The van der Waals surface area contributed by atoms with Crippen molar-refractivity contribution in [3.63, 3.8) is 0 Å². The van der Waals surface area contributed by atoms with Gasteiger partial charge in [-0.05, 0) is 12.5 Å². The summed E-state index contributed by atoms with van der Waals surface area (Å²) in [5, 5.41) is 14.2. The van der Waals surface area contributed by atoms with Gasteiger partial charge in [0.15, 0.2) is 0 Å². The lowest BCUT2D eigenvalue weighted by Crippen LogP contribution is -2.00. The zero-order valence-electron chi connectivity index (χ0n) is 11.9. The Morgan fingerprint density at radius 3 is 2.28 bits per heavy atom. The van der Waals surface area contributed by atoms with E-state index in [4.69, 9.17) is 0 Å². The minimum absolute atomic E-state index is 0.383. The highest BCUT2D eigenvalue weighted by molar-refractivity contribution is 5.02. The van der Waals surface area contributed by atoms with Crippen LogP contribution in [0, 0.1) is 0 Å². The van der Waals surface area contributed by atoms with Crippen LogP contribution in [-0.4, -0.2) is 14.9 Å². The molecule has 1 atom stereocenters. The highest BCUT2D eigenvalue weighted by Crippen LogP contribution is 2.18. The molecule has 0 amide bonds. The summed E-state index contributed by atoms with van der Waals surface area (Å²) in [5.74, 6) is 0.